The van der Waals surface area contributed by atoms with E-state index in [1.165, 1.54) is 22.3 Å². The van der Waals surface area contributed by atoms with E-state index in [0.717, 1.165) is 24.2 Å². The van der Waals surface area contributed by atoms with Gasteiger partial charge in [-0.05, 0) is 66.3 Å². The van der Waals surface area contributed by atoms with Gasteiger partial charge in [0.2, 0.25) is 0 Å². The molecule has 0 saturated heterocycles. The van der Waals surface area contributed by atoms with E-state index in [1.54, 1.807) is 0 Å². The molecule has 1 aliphatic carbocycles. The topological polar surface area (TPSA) is 12.0 Å². The fraction of sp³-hybridized carbons (Fsp3) is 0.143. The predicted molar refractivity (Wildman–Crippen MR) is 96.4 cm³/mol. The van der Waals surface area contributed by atoms with Crippen molar-refractivity contribution in [3.63, 3.8) is 0 Å². The van der Waals surface area contributed by atoms with E-state index in [2.05, 4.69) is 85.6 Å². The maximum absolute atomic E-state index is 4.23. The van der Waals surface area contributed by atoms with E-state index >= 15 is 0 Å². The molecule has 0 amide bonds. The van der Waals surface area contributed by atoms with Crippen LogP contribution in [0.25, 0.3) is 5.57 Å². The van der Waals surface area contributed by atoms with Gasteiger partial charge in [-0.2, -0.15) is 0 Å². The number of benzene rings is 2. The number of hydrogen-bond acceptors (Lipinski definition) is 1. The van der Waals surface area contributed by atoms with E-state index in [1.807, 2.05) is 0 Å². The number of aryl methyl sites for hydroxylation is 1. The van der Waals surface area contributed by atoms with Gasteiger partial charge in [0, 0.05) is 11.4 Å². The van der Waals surface area contributed by atoms with Gasteiger partial charge in [-0.25, -0.2) is 0 Å². The SMILES string of the molecule is C=C1CCC=CC=C1c1cccc(Nc2cccc(C)c2)c1. The standard InChI is InChI=1S/C21H21N/c1-16-8-6-11-19(14-16)22-20-12-7-10-18(15-20)21-13-5-3-4-9-17(21)2/h3,5-8,10-15,22H,2,4,9H2,1H3. The fourth-order valence-electron chi connectivity index (χ4n) is 2.72. The molecule has 3 rings (SSSR count). The van der Waals surface area contributed by atoms with Crippen molar-refractivity contribution >= 4 is 16.9 Å². The second-order valence-electron chi connectivity index (χ2n) is 5.73. The van der Waals surface area contributed by atoms with Gasteiger partial charge < -0.3 is 5.32 Å². The van der Waals surface area contributed by atoms with Crippen LogP contribution in [0.15, 0.2) is 78.9 Å². The Balaban J connectivity index is 1.88. The molecule has 0 aliphatic heterocycles. The van der Waals surface area contributed by atoms with Gasteiger partial charge in [-0.15, -0.1) is 0 Å². The normalized spacial score (nSPS) is 14.4. The van der Waals surface area contributed by atoms with Crippen LogP contribution < -0.4 is 5.32 Å². The Kier molecular flexibility index (Phi) is 4.24. The van der Waals surface area contributed by atoms with Crippen molar-refractivity contribution < 1.29 is 0 Å². The average Bonchev–Trinajstić information content (AvgIpc) is 2.72. The summed E-state index contributed by atoms with van der Waals surface area (Å²) in [6.07, 6.45) is 8.60. The van der Waals surface area contributed by atoms with Gasteiger partial charge in [-0.3, -0.25) is 0 Å². The summed E-state index contributed by atoms with van der Waals surface area (Å²) < 4.78 is 0. The second-order valence-corrected chi connectivity index (χ2v) is 5.73. The minimum Gasteiger partial charge on any atom is -0.356 e. The van der Waals surface area contributed by atoms with Crippen LogP contribution in [-0.4, -0.2) is 0 Å². The highest BCUT2D eigenvalue weighted by atomic mass is 14.9. The van der Waals surface area contributed by atoms with Crippen LogP contribution >= 0.6 is 0 Å². The van der Waals surface area contributed by atoms with Gasteiger partial charge in [0.1, 0.15) is 0 Å². The van der Waals surface area contributed by atoms with E-state index in [0.29, 0.717) is 0 Å². The summed E-state index contributed by atoms with van der Waals surface area (Å²) >= 11 is 0. The first kappa shape index (κ1) is 14.4. The molecule has 2 aromatic carbocycles. The summed E-state index contributed by atoms with van der Waals surface area (Å²) in [6, 6.07) is 17.0. The minimum absolute atomic E-state index is 1.03. The lowest BCUT2D eigenvalue weighted by atomic mass is 9.96. The minimum atomic E-state index is 1.03. The highest BCUT2D eigenvalue weighted by Crippen LogP contribution is 2.30. The van der Waals surface area contributed by atoms with Crippen LogP contribution in [0.3, 0.4) is 0 Å². The lowest BCUT2D eigenvalue weighted by Gasteiger charge is -2.12. The number of allylic oxidation sites excluding steroid dienone is 5. The molecule has 0 atom stereocenters. The highest BCUT2D eigenvalue weighted by molar-refractivity contribution is 5.81. The summed E-state index contributed by atoms with van der Waals surface area (Å²) in [5, 5.41) is 3.48. The molecule has 1 N–H and O–H groups in total. The molecule has 0 spiro atoms. The Bertz CT molecular complexity index is 750. The largest absolute Gasteiger partial charge is 0.356 e. The van der Waals surface area contributed by atoms with E-state index in [-0.39, 0.29) is 0 Å². The van der Waals surface area contributed by atoms with Crippen molar-refractivity contribution in [3.8, 4) is 0 Å². The number of nitrogens with one attached hydrogen (secondary N) is 1. The van der Waals surface area contributed by atoms with Gasteiger partial charge in [-0.1, -0.05) is 49.1 Å². The molecule has 0 saturated carbocycles. The lowest BCUT2D eigenvalue weighted by Crippen LogP contribution is -1.93. The van der Waals surface area contributed by atoms with Crippen LogP contribution in [0.4, 0.5) is 11.4 Å². The molecule has 0 heterocycles. The molecule has 0 aromatic heterocycles. The molecule has 22 heavy (non-hydrogen) atoms. The Morgan fingerprint density at radius 2 is 1.77 bits per heavy atom. The average molecular weight is 287 g/mol. The molecule has 1 aliphatic rings. The highest BCUT2D eigenvalue weighted by Gasteiger charge is 2.08. The van der Waals surface area contributed by atoms with Gasteiger partial charge in [0.25, 0.3) is 0 Å². The van der Waals surface area contributed by atoms with Crippen LogP contribution in [0, 0.1) is 6.92 Å². The number of hydrogen-bond donors (Lipinski definition) is 1. The summed E-state index contributed by atoms with van der Waals surface area (Å²) in [7, 11) is 0. The van der Waals surface area contributed by atoms with Crippen LogP contribution in [0.5, 0.6) is 0 Å². The molecule has 0 radical (unpaired) electrons. The van der Waals surface area contributed by atoms with Crippen molar-refractivity contribution in [1.29, 1.82) is 0 Å². The Hall–Kier alpha value is -2.54. The number of anilines is 2. The Morgan fingerprint density at radius 1 is 1.00 bits per heavy atom. The molecule has 110 valence electrons. The van der Waals surface area contributed by atoms with Crippen molar-refractivity contribution in [2.24, 2.45) is 0 Å². The lowest BCUT2D eigenvalue weighted by molar-refractivity contribution is 1.02. The molecule has 0 fully saturated rings. The summed E-state index contributed by atoms with van der Waals surface area (Å²) in [5.74, 6) is 0. The first-order valence-corrected chi connectivity index (χ1v) is 7.71. The maximum Gasteiger partial charge on any atom is 0.0390 e. The van der Waals surface area contributed by atoms with Gasteiger partial charge in [0.05, 0.1) is 0 Å². The Labute approximate surface area is 132 Å². The van der Waals surface area contributed by atoms with Crippen LogP contribution in [-0.2, 0) is 0 Å². The van der Waals surface area contributed by atoms with E-state index in [9.17, 15) is 0 Å². The predicted octanol–water partition coefficient (Wildman–Crippen LogP) is 6.03. The van der Waals surface area contributed by atoms with Gasteiger partial charge in [0.15, 0.2) is 0 Å². The summed E-state index contributed by atoms with van der Waals surface area (Å²) in [6.45, 7) is 6.33. The summed E-state index contributed by atoms with van der Waals surface area (Å²) in [4.78, 5) is 0. The first-order valence-electron chi connectivity index (χ1n) is 7.71. The maximum atomic E-state index is 4.23. The molecule has 0 bridgehead atoms. The van der Waals surface area contributed by atoms with Crippen LogP contribution in [0.1, 0.15) is 24.0 Å². The molecule has 1 heteroatoms. The molecular formula is C21H21N. The van der Waals surface area contributed by atoms with Crippen molar-refractivity contribution in [2.45, 2.75) is 19.8 Å². The first-order chi connectivity index (χ1) is 10.7. The Morgan fingerprint density at radius 3 is 2.59 bits per heavy atom. The summed E-state index contributed by atoms with van der Waals surface area (Å²) in [5.41, 5.74) is 7.13. The van der Waals surface area contributed by atoms with Crippen molar-refractivity contribution in [2.75, 3.05) is 5.32 Å². The zero-order valence-corrected chi connectivity index (χ0v) is 13.0. The third kappa shape index (κ3) is 3.37. The third-order valence-corrected chi connectivity index (χ3v) is 3.87. The monoisotopic (exact) mass is 287 g/mol. The van der Waals surface area contributed by atoms with Crippen LogP contribution in [0.2, 0.25) is 0 Å². The van der Waals surface area contributed by atoms with Crippen molar-refractivity contribution in [1.82, 2.24) is 0 Å². The molecule has 2 aromatic rings. The quantitative estimate of drug-likeness (QED) is 0.727. The molecular weight excluding hydrogens is 266 g/mol. The van der Waals surface area contributed by atoms with E-state index < -0.39 is 0 Å². The molecule has 0 unspecified atom stereocenters. The third-order valence-electron chi connectivity index (χ3n) is 3.87. The van der Waals surface area contributed by atoms with Crippen molar-refractivity contribution in [3.05, 3.63) is 90.0 Å². The van der Waals surface area contributed by atoms with E-state index in [4.69, 9.17) is 0 Å². The molecule has 1 nitrogen and oxygen atoms in total. The zero-order valence-electron chi connectivity index (χ0n) is 13.0. The second kappa shape index (κ2) is 6.48. The number of rotatable bonds is 3. The zero-order chi connectivity index (χ0) is 15.4. The fourth-order valence-corrected chi connectivity index (χ4v) is 2.72. The smallest absolute Gasteiger partial charge is 0.0390 e. The van der Waals surface area contributed by atoms with Gasteiger partial charge >= 0.3 is 0 Å².